The van der Waals surface area contributed by atoms with Crippen LogP contribution < -0.4 is 5.32 Å². The van der Waals surface area contributed by atoms with Crippen molar-refractivity contribution in [2.75, 3.05) is 6.54 Å². The summed E-state index contributed by atoms with van der Waals surface area (Å²) in [7, 11) is 0. The molecular weight excluding hydrogens is 226 g/mol. The molecule has 0 atom stereocenters. The van der Waals surface area contributed by atoms with Crippen LogP contribution in [0.25, 0.3) is 0 Å². The Labute approximate surface area is 109 Å². The molecule has 0 bridgehead atoms. The molecule has 3 heteroatoms. The fourth-order valence-corrected chi connectivity index (χ4v) is 1.71. The summed E-state index contributed by atoms with van der Waals surface area (Å²) in [5, 5.41) is 12.2. The van der Waals surface area contributed by atoms with E-state index in [0.29, 0.717) is 13.1 Å². The minimum absolute atomic E-state index is 0.471. The highest BCUT2D eigenvalue weighted by Gasteiger charge is 2.26. The van der Waals surface area contributed by atoms with E-state index in [-0.39, 0.29) is 0 Å². The molecule has 0 unspecified atom stereocenters. The maximum absolute atomic E-state index is 10.9. The Balaban J connectivity index is 2.42. The van der Waals surface area contributed by atoms with Crippen LogP contribution in [0.4, 0.5) is 0 Å². The molecule has 0 spiro atoms. The third-order valence-corrected chi connectivity index (χ3v) is 3.04. The van der Waals surface area contributed by atoms with Crippen molar-refractivity contribution in [1.29, 1.82) is 0 Å². The molecule has 100 valence electrons. The lowest BCUT2D eigenvalue weighted by molar-refractivity contribution is -0.146. The van der Waals surface area contributed by atoms with Gasteiger partial charge in [-0.15, -0.1) is 0 Å². The summed E-state index contributed by atoms with van der Waals surface area (Å²) in [6.07, 6.45) is 2.27. The van der Waals surface area contributed by atoms with Gasteiger partial charge in [-0.3, -0.25) is 4.79 Å². The van der Waals surface area contributed by atoms with E-state index in [1.165, 1.54) is 11.1 Å². The van der Waals surface area contributed by atoms with Crippen molar-refractivity contribution in [1.82, 2.24) is 5.32 Å². The summed E-state index contributed by atoms with van der Waals surface area (Å²) in [6.45, 7) is 6.81. The van der Waals surface area contributed by atoms with Gasteiger partial charge in [0.25, 0.3) is 0 Å². The largest absolute Gasteiger partial charge is 0.481 e. The van der Waals surface area contributed by atoms with Crippen molar-refractivity contribution in [2.24, 2.45) is 5.41 Å². The highest BCUT2D eigenvalue weighted by atomic mass is 16.4. The number of carboxylic acid groups (broad SMARTS) is 1. The molecule has 1 aromatic rings. The van der Waals surface area contributed by atoms with Crippen LogP contribution in [0.15, 0.2) is 24.3 Å². The van der Waals surface area contributed by atoms with Gasteiger partial charge in [0.1, 0.15) is 0 Å². The van der Waals surface area contributed by atoms with Gasteiger partial charge in [0.05, 0.1) is 5.41 Å². The van der Waals surface area contributed by atoms with Crippen LogP contribution in [0.1, 0.15) is 38.3 Å². The number of carbonyl (C=O) groups is 1. The zero-order valence-corrected chi connectivity index (χ0v) is 11.5. The van der Waals surface area contributed by atoms with E-state index in [2.05, 4.69) is 36.5 Å². The lowest BCUT2D eigenvalue weighted by Gasteiger charge is -2.19. The standard InChI is InChI=1S/C15H23NO2/c1-4-5-12-6-8-13(9-7-12)10-16-11-15(2,3)14(17)18/h6-9,16H,4-5,10-11H2,1-3H3,(H,17,18). The van der Waals surface area contributed by atoms with Crippen molar-refractivity contribution in [2.45, 2.75) is 40.2 Å². The number of nitrogens with one attached hydrogen (secondary N) is 1. The monoisotopic (exact) mass is 249 g/mol. The Morgan fingerprint density at radius 1 is 1.22 bits per heavy atom. The first kappa shape index (κ1) is 14.7. The third-order valence-electron chi connectivity index (χ3n) is 3.04. The van der Waals surface area contributed by atoms with Crippen LogP contribution in [0.3, 0.4) is 0 Å². The van der Waals surface area contributed by atoms with Gasteiger partial charge in [-0.1, -0.05) is 37.6 Å². The van der Waals surface area contributed by atoms with Crippen molar-refractivity contribution < 1.29 is 9.90 Å². The minimum Gasteiger partial charge on any atom is -0.481 e. The number of rotatable bonds is 7. The van der Waals surface area contributed by atoms with E-state index in [1.54, 1.807) is 13.8 Å². The van der Waals surface area contributed by atoms with Gasteiger partial charge < -0.3 is 10.4 Å². The van der Waals surface area contributed by atoms with Gasteiger partial charge in [0.15, 0.2) is 0 Å². The highest BCUT2D eigenvalue weighted by molar-refractivity contribution is 5.73. The van der Waals surface area contributed by atoms with Gasteiger partial charge in [-0.25, -0.2) is 0 Å². The molecule has 0 fully saturated rings. The first-order valence-electron chi connectivity index (χ1n) is 6.47. The second-order valence-corrected chi connectivity index (χ2v) is 5.36. The Bertz CT molecular complexity index is 382. The first-order valence-corrected chi connectivity index (χ1v) is 6.47. The Kier molecular flexibility index (Phi) is 5.35. The molecule has 0 radical (unpaired) electrons. The Hall–Kier alpha value is -1.35. The number of benzene rings is 1. The van der Waals surface area contributed by atoms with Crippen molar-refractivity contribution in [3.63, 3.8) is 0 Å². The second kappa shape index (κ2) is 6.55. The highest BCUT2D eigenvalue weighted by Crippen LogP contribution is 2.13. The molecule has 1 aromatic carbocycles. The minimum atomic E-state index is -0.770. The van der Waals surface area contributed by atoms with Crippen LogP contribution in [0.2, 0.25) is 0 Å². The summed E-state index contributed by atoms with van der Waals surface area (Å²) >= 11 is 0. The molecule has 0 amide bonds. The number of hydrogen-bond donors (Lipinski definition) is 2. The molecular formula is C15H23NO2. The maximum Gasteiger partial charge on any atom is 0.310 e. The second-order valence-electron chi connectivity index (χ2n) is 5.36. The molecule has 3 nitrogen and oxygen atoms in total. The smallest absolute Gasteiger partial charge is 0.310 e. The number of hydrogen-bond acceptors (Lipinski definition) is 2. The van der Waals surface area contributed by atoms with E-state index < -0.39 is 11.4 Å². The fraction of sp³-hybridized carbons (Fsp3) is 0.533. The predicted molar refractivity (Wildman–Crippen MR) is 73.6 cm³/mol. The van der Waals surface area contributed by atoms with E-state index in [1.807, 2.05) is 0 Å². The first-order chi connectivity index (χ1) is 8.45. The zero-order valence-electron chi connectivity index (χ0n) is 11.5. The predicted octanol–water partition coefficient (Wildman–Crippen LogP) is 2.84. The normalized spacial score (nSPS) is 11.5. The third kappa shape index (κ3) is 4.49. The molecule has 0 aliphatic carbocycles. The Morgan fingerprint density at radius 2 is 1.78 bits per heavy atom. The summed E-state index contributed by atoms with van der Waals surface area (Å²) in [6, 6.07) is 8.49. The average Bonchev–Trinajstić information content (AvgIpc) is 2.31. The number of aryl methyl sites for hydroxylation is 1. The molecule has 0 saturated heterocycles. The SMILES string of the molecule is CCCc1ccc(CNCC(C)(C)C(=O)O)cc1. The molecule has 18 heavy (non-hydrogen) atoms. The van der Waals surface area contributed by atoms with Crippen molar-refractivity contribution in [3.8, 4) is 0 Å². The molecule has 1 rings (SSSR count). The average molecular weight is 249 g/mol. The van der Waals surface area contributed by atoms with Crippen LogP contribution in [0, 0.1) is 5.41 Å². The van der Waals surface area contributed by atoms with E-state index in [9.17, 15) is 4.79 Å². The molecule has 0 aromatic heterocycles. The zero-order chi connectivity index (χ0) is 13.6. The summed E-state index contributed by atoms with van der Waals surface area (Å²) in [4.78, 5) is 10.9. The summed E-state index contributed by atoms with van der Waals surface area (Å²) in [5.74, 6) is -0.770. The lowest BCUT2D eigenvalue weighted by Crippen LogP contribution is -2.35. The topological polar surface area (TPSA) is 49.3 Å². The van der Waals surface area contributed by atoms with Crippen molar-refractivity contribution in [3.05, 3.63) is 35.4 Å². The van der Waals surface area contributed by atoms with Gasteiger partial charge in [0, 0.05) is 13.1 Å². The summed E-state index contributed by atoms with van der Waals surface area (Å²) in [5.41, 5.74) is 1.82. The van der Waals surface area contributed by atoms with Crippen molar-refractivity contribution >= 4 is 5.97 Å². The van der Waals surface area contributed by atoms with Crippen LogP contribution in [-0.2, 0) is 17.8 Å². The van der Waals surface area contributed by atoms with Gasteiger partial charge in [-0.2, -0.15) is 0 Å². The fourth-order valence-electron chi connectivity index (χ4n) is 1.71. The summed E-state index contributed by atoms with van der Waals surface area (Å²) < 4.78 is 0. The maximum atomic E-state index is 10.9. The molecule has 0 aliphatic heterocycles. The molecule has 0 aliphatic rings. The van der Waals surface area contributed by atoms with Gasteiger partial charge in [-0.05, 0) is 31.4 Å². The Morgan fingerprint density at radius 3 is 2.28 bits per heavy atom. The van der Waals surface area contributed by atoms with Crippen LogP contribution >= 0.6 is 0 Å². The van der Waals surface area contributed by atoms with Crippen LogP contribution in [0.5, 0.6) is 0 Å². The van der Waals surface area contributed by atoms with Gasteiger partial charge in [0.2, 0.25) is 0 Å². The number of aliphatic carboxylic acids is 1. The van der Waals surface area contributed by atoms with Gasteiger partial charge >= 0.3 is 5.97 Å². The van der Waals surface area contributed by atoms with Crippen LogP contribution in [-0.4, -0.2) is 17.6 Å². The van der Waals surface area contributed by atoms with E-state index >= 15 is 0 Å². The lowest BCUT2D eigenvalue weighted by atomic mass is 9.94. The molecule has 0 saturated carbocycles. The molecule has 0 heterocycles. The number of carboxylic acids is 1. The molecule has 2 N–H and O–H groups in total. The van der Waals surface area contributed by atoms with E-state index in [4.69, 9.17) is 5.11 Å². The quantitative estimate of drug-likeness (QED) is 0.781. The van der Waals surface area contributed by atoms with E-state index in [0.717, 1.165) is 12.8 Å².